The second kappa shape index (κ2) is 3.70. The molecule has 0 radical (unpaired) electrons. The van der Waals surface area contributed by atoms with Crippen LogP contribution in [0.1, 0.15) is 11.1 Å². The van der Waals surface area contributed by atoms with Crippen LogP contribution in [-0.4, -0.2) is 5.11 Å². The van der Waals surface area contributed by atoms with Gasteiger partial charge in [0.1, 0.15) is 6.07 Å². The smallest absolute Gasteiger partial charge is 0.101 e. The summed E-state index contributed by atoms with van der Waals surface area (Å²) < 4.78 is 1.83. The van der Waals surface area contributed by atoms with Crippen LogP contribution in [0, 0.1) is 11.3 Å². The van der Waals surface area contributed by atoms with E-state index in [1.807, 2.05) is 17.5 Å². The molecular formula is C10H6BrNOS. The summed E-state index contributed by atoms with van der Waals surface area (Å²) >= 11 is 4.93. The highest BCUT2D eigenvalue weighted by Crippen LogP contribution is 2.32. The topological polar surface area (TPSA) is 44.0 Å². The lowest BCUT2D eigenvalue weighted by molar-refractivity contribution is 0.283. The van der Waals surface area contributed by atoms with E-state index in [0.29, 0.717) is 11.1 Å². The van der Waals surface area contributed by atoms with Crippen LogP contribution in [0.4, 0.5) is 0 Å². The molecule has 2 nitrogen and oxygen atoms in total. The van der Waals surface area contributed by atoms with Crippen molar-refractivity contribution in [3.63, 3.8) is 0 Å². The average Bonchev–Trinajstić information content (AvgIpc) is 2.62. The number of nitriles is 1. The fourth-order valence-corrected chi connectivity index (χ4v) is 3.00. The van der Waals surface area contributed by atoms with Crippen molar-refractivity contribution in [3.05, 3.63) is 33.1 Å². The van der Waals surface area contributed by atoms with E-state index in [1.165, 1.54) is 0 Å². The third kappa shape index (κ3) is 1.34. The highest BCUT2D eigenvalue weighted by Gasteiger charge is 2.11. The molecule has 0 fully saturated rings. The number of thiophene rings is 1. The van der Waals surface area contributed by atoms with Crippen molar-refractivity contribution in [2.24, 2.45) is 0 Å². The van der Waals surface area contributed by atoms with Gasteiger partial charge >= 0.3 is 0 Å². The highest BCUT2D eigenvalue weighted by molar-refractivity contribution is 9.10. The van der Waals surface area contributed by atoms with Gasteiger partial charge in [0.2, 0.25) is 0 Å². The standard InChI is InChI=1S/C10H6BrNOS/c11-9-3-10-6(1-2-14-10)8(5-13)7(9)4-12/h1-3,13H,5H2. The molecule has 0 unspecified atom stereocenters. The van der Waals surface area contributed by atoms with E-state index < -0.39 is 0 Å². The van der Waals surface area contributed by atoms with Crippen LogP contribution >= 0.6 is 27.3 Å². The Labute approximate surface area is 93.5 Å². The van der Waals surface area contributed by atoms with E-state index in [1.54, 1.807) is 11.3 Å². The van der Waals surface area contributed by atoms with Gasteiger partial charge in [-0.1, -0.05) is 0 Å². The predicted molar refractivity (Wildman–Crippen MR) is 60.2 cm³/mol. The van der Waals surface area contributed by atoms with Crippen molar-refractivity contribution in [2.75, 3.05) is 0 Å². The molecule has 0 atom stereocenters. The van der Waals surface area contributed by atoms with Crippen LogP contribution in [-0.2, 0) is 6.61 Å². The van der Waals surface area contributed by atoms with Gasteiger partial charge in [-0.05, 0) is 38.8 Å². The van der Waals surface area contributed by atoms with E-state index in [-0.39, 0.29) is 6.61 Å². The first-order chi connectivity index (χ1) is 6.77. The van der Waals surface area contributed by atoms with E-state index in [2.05, 4.69) is 22.0 Å². The van der Waals surface area contributed by atoms with Gasteiger partial charge in [-0.15, -0.1) is 11.3 Å². The zero-order valence-corrected chi connectivity index (χ0v) is 9.52. The first kappa shape index (κ1) is 9.66. The molecule has 0 saturated heterocycles. The quantitative estimate of drug-likeness (QED) is 0.863. The Balaban J connectivity index is 2.91. The number of hydrogen-bond donors (Lipinski definition) is 1. The second-order valence-corrected chi connectivity index (χ2v) is 4.62. The van der Waals surface area contributed by atoms with Crippen LogP contribution < -0.4 is 0 Å². The summed E-state index contributed by atoms with van der Waals surface area (Å²) in [6, 6.07) is 5.94. The van der Waals surface area contributed by atoms with Crippen molar-refractivity contribution in [1.82, 2.24) is 0 Å². The number of aliphatic hydroxyl groups is 1. The Hall–Kier alpha value is -0.890. The number of hydrogen-bond acceptors (Lipinski definition) is 3. The minimum Gasteiger partial charge on any atom is -0.392 e. The summed E-state index contributed by atoms with van der Waals surface area (Å²) in [5.41, 5.74) is 1.23. The summed E-state index contributed by atoms with van der Waals surface area (Å²) in [7, 11) is 0. The molecule has 70 valence electrons. The molecule has 1 aromatic carbocycles. The normalized spacial score (nSPS) is 10.4. The third-order valence-corrected chi connectivity index (χ3v) is 3.58. The minimum atomic E-state index is -0.102. The fourth-order valence-electron chi connectivity index (χ4n) is 1.43. The van der Waals surface area contributed by atoms with Gasteiger partial charge < -0.3 is 5.11 Å². The van der Waals surface area contributed by atoms with E-state index in [0.717, 1.165) is 14.6 Å². The summed E-state index contributed by atoms with van der Waals surface area (Å²) in [6.07, 6.45) is 0. The van der Waals surface area contributed by atoms with Crippen molar-refractivity contribution >= 4 is 37.4 Å². The molecule has 0 saturated carbocycles. The van der Waals surface area contributed by atoms with Crippen molar-refractivity contribution in [2.45, 2.75) is 6.61 Å². The zero-order valence-electron chi connectivity index (χ0n) is 7.12. The predicted octanol–water partition coefficient (Wildman–Crippen LogP) is 3.03. The minimum absolute atomic E-state index is 0.102. The van der Waals surface area contributed by atoms with Gasteiger partial charge in [0.25, 0.3) is 0 Å². The summed E-state index contributed by atoms with van der Waals surface area (Å²) in [6.45, 7) is -0.102. The average molecular weight is 268 g/mol. The van der Waals surface area contributed by atoms with Gasteiger partial charge in [-0.3, -0.25) is 0 Å². The number of nitrogens with zero attached hydrogens (tertiary/aromatic N) is 1. The largest absolute Gasteiger partial charge is 0.392 e. The number of rotatable bonds is 1. The lowest BCUT2D eigenvalue weighted by Gasteiger charge is -2.04. The van der Waals surface area contributed by atoms with E-state index >= 15 is 0 Å². The third-order valence-electron chi connectivity index (χ3n) is 2.09. The lowest BCUT2D eigenvalue weighted by atomic mass is 10.1. The summed E-state index contributed by atoms with van der Waals surface area (Å²) in [5, 5.41) is 21.1. The Morgan fingerprint density at radius 3 is 3.00 bits per heavy atom. The van der Waals surface area contributed by atoms with Crippen LogP contribution in [0.25, 0.3) is 10.1 Å². The van der Waals surface area contributed by atoms with Crippen molar-refractivity contribution < 1.29 is 5.11 Å². The molecule has 0 bridgehead atoms. The van der Waals surface area contributed by atoms with Gasteiger partial charge in [-0.25, -0.2) is 0 Å². The Kier molecular flexibility index (Phi) is 2.55. The molecule has 2 aromatic rings. The lowest BCUT2D eigenvalue weighted by Crippen LogP contribution is -1.91. The highest BCUT2D eigenvalue weighted by atomic mass is 79.9. The van der Waals surface area contributed by atoms with Crippen LogP contribution in [0.3, 0.4) is 0 Å². The Bertz CT molecular complexity index is 527. The van der Waals surface area contributed by atoms with Gasteiger partial charge in [0, 0.05) is 14.7 Å². The van der Waals surface area contributed by atoms with Gasteiger partial charge in [0.05, 0.1) is 12.2 Å². The molecule has 0 aliphatic carbocycles. The molecule has 0 amide bonds. The first-order valence-corrected chi connectivity index (χ1v) is 5.64. The SMILES string of the molecule is N#Cc1c(Br)cc2sccc2c1CO. The maximum atomic E-state index is 9.22. The molecule has 2 rings (SSSR count). The number of aliphatic hydroxyl groups excluding tert-OH is 1. The first-order valence-electron chi connectivity index (χ1n) is 3.97. The molecule has 4 heteroatoms. The molecule has 1 aromatic heterocycles. The van der Waals surface area contributed by atoms with E-state index in [4.69, 9.17) is 5.26 Å². The van der Waals surface area contributed by atoms with Gasteiger partial charge in [0.15, 0.2) is 0 Å². The maximum absolute atomic E-state index is 9.22. The van der Waals surface area contributed by atoms with Crippen LogP contribution in [0.15, 0.2) is 22.0 Å². The van der Waals surface area contributed by atoms with Crippen molar-refractivity contribution in [3.8, 4) is 6.07 Å². The molecule has 0 aliphatic heterocycles. The molecular weight excluding hydrogens is 262 g/mol. The van der Waals surface area contributed by atoms with Crippen molar-refractivity contribution in [1.29, 1.82) is 5.26 Å². The molecule has 14 heavy (non-hydrogen) atoms. The molecule has 1 N–H and O–H groups in total. The summed E-state index contributed by atoms with van der Waals surface area (Å²) in [5.74, 6) is 0. The number of benzene rings is 1. The second-order valence-electron chi connectivity index (χ2n) is 2.81. The monoisotopic (exact) mass is 267 g/mol. The number of halogens is 1. The van der Waals surface area contributed by atoms with Crippen LogP contribution in [0.2, 0.25) is 0 Å². The Morgan fingerprint density at radius 2 is 2.36 bits per heavy atom. The van der Waals surface area contributed by atoms with E-state index in [9.17, 15) is 5.11 Å². The summed E-state index contributed by atoms with van der Waals surface area (Å²) in [4.78, 5) is 0. The maximum Gasteiger partial charge on any atom is 0.101 e. The fraction of sp³-hybridized carbons (Fsp3) is 0.100. The Morgan fingerprint density at radius 1 is 1.57 bits per heavy atom. The zero-order chi connectivity index (χ0) is 10.1. The van der Waals surface area contributed by atoms with Gasteiger partial charge in [-0.2, -0.15) is 5.26 Å². The molecule has 0 spiro atoms. The molecule has 0 aliphatic rings. The molecule has 1 heterocycles. The van der Waals surface area contributed by atoms with Crippen LogP contribution in [0.5, 0.6) is 0 Å². The number of fused-ring (bicyclic) bond motifs is 1.